The summed E-state index contributed by atoms with van der Waals surface area (Å²) in [6, 6.07) is 24.5. The molecule has 3 amide bonds. The van der Waals surface area contributed by atoms with E-state index in [1.807, 2.05) is 73.7 Å². The average molecular weight is 500 g/mol. The molecule has 1 atom stereocenters. The largest absolute Gasteiger partial charge is 0.489 e. The highest BCUT2D eigenvalue weighted by Gasteiger charge is 2.27. The molecular formula is C30H33N3O4. The highest BCUT2D eigenvalue weighted by molar-refractivity contribution is 5.94. The highest BCUT2D eigenvalue weighted by Crippen LogP contribution is 2.20. The quantitative estimate of drug-likeness (QED) is 0.506. The monoisotopic (exact) mass is 499 g/mol. The molecule has 4 rings (SSSR count). The number of amides is 3. The Bertz CT molecular complexity index is 1200. The summed E-state index contributed by atoms with van der Waals surface area (Å²) >= 11 is 0. The molecule has 1 unspecified atom stereocenters. The van der Waals surface area contributed by atoms with E-state index in [1.165, 1.54) is 6.92 Å². The summed E-state index contributed by atoms with van der Waals surface area (Å²) in [6.45, 7) is 5.78. The first kappa shape index (κ1) is 25.9. The molecule has 192 valence electrons. The molecule has 1 N–H and O–H groups in total. The highest BCUT2D eigenvalue weighted by atomic mass is 16.5. The van der Waals surface area contributed by atoms with Gasteiger partial charge in [0, 0.05) is 38.7 Å². The number of piperazine rings is 1. The summed E-state index contributed by atoms with van der Waals surface area (Å²) in [5, 5.41) is 2.90. The predicted molar refractivity (Wildman–Crippen MR) is 142 cm³/mol. The molecule has 3 aromatic carbocycles. The molecule has 3 aromatic rings. The number of nitrogens with zero attached hydrogens (tertiary/aromatic N) is 2. The molecule has 37 heavy (non-hydrogen) atoms. The van der Waals surface area contributed by atoms with E-state index in [-0.39, 0.29) is 30.2 Å². The van der Waals surface area contributed by atoms with Crippen molar-refractivity contribution in [1.29, 1.82) is 0 Å². The number of carbonyl (C=O) groups is 3. The van der Waals surface area contributed by atoms with Gasteiger partial charge in [0.15, 0.2) is 0 Å². The maximum absolute atomic E-state index is 13.0. The minimum absolute atomic E-state index is 0.0358. The van der Waals surface area contributed by atoms with Crippen LogP contribution in [0.15, 0.2) is 78.9 Å². The lowest BCUT2D eigenvalue weighted by atomic mass is 10.0. The molecule has 7 nitrogen and oxygen atoms in total. The Morgan fingerprint density at radius 3 is 2.08 bits per heavy atom. The van der Waals surface area contributed by atoms with Crippen molar-refractivity contribution >= 4 is 17.7 Å². The van der Waals surface area contributed by atoms with E-state index < -0.39 is 0 Å². The molecule has 0 bridgehead atoms. The van der Waals surface area contributed by atoms with Crippen molar-refractivity contribution in [1.82, 2.24) is 15.1 Å². The number of hydrogen-bond acceptors (Lipinski definition) is 4. The fraction of sp³-hybridized carbons (Fsp3) is 0.300. The van der Waals surface area contributed by atoms with E-state index in [0.717, 1.165) is 16.7 Å². The smallest absolute Gasteiger partial charge is 0.253 e. The zero-order valence-corrected chi connectivity index (χ0v) is 21.4. The summed E-state index contributed by atoms with van der Waals surface area (Å²) in [4.78, 5) is 41.3. The third-order valence-electron chi connectivity index (χ3n) is 6.51. The third-order valence-corrected chi connectivity index (χ3v) is 6.51. The first-order valence-electron chi connectivity index (χ1n) is 12.6. The minimum atomic E-state index is -0.382. The number of benzene rings is 3. The number of ether oxygens (including phenoxy) is 1. The van der Waals surface area contributed by atoms with Gasteiger partial charge in [0.25, 0.3) is 5.91 Å². The fourth-order valence-electron chi connectivity index (χ4n) is 4.38. The summed E-state index contributed by atoms with van der Waals surface area (Å²) in [5.41, 5.74) is 3.69. The molecule has 1 saturated heterocycles. The first-order chi connectivity index (χ1) is 17.9. The van der Waals surface area contributed by atoms with E-state index >= 15 is 0 Å². The SMILES string of the molecule is CC(=O)NC(CC(=O)N1CCN(C(=O)c2ccc(OCc3ccccc3)cc2)CC1)c1ccc(C)cc1. The van der Waals surface area contributed by atoms with Crippen molar-refractivity contribution in [2.24, 2.45) is 0 Å². The Balaban J connectivity index is 1.28. The Morgan fingerprint density at radius 2 is 1.46 bits per heavy atom. The zero-order chi connectivity index (χ0) is 26.2. The Kier molecular flexibility index (Phi) is 8.56. The van der Waals surface area contributed by atoms with Crippen LogP contribution in [0.2, 0.25) is 0 Å². The lowest BCUT2D eigenvalue weighted by Crippen LogP contribution is -2.51. The molecule has 7 heteroatoms. The van der Waals surface area contributed by atoms with Crippen LogP contribution in [0.4, 0.5) is 0 Å². The second-order valence-corrected chi connectivity index (χ2v) is 9.34. The van der Waals surface area contributed by atoms with Gasteiger partial charge < -0.3 is 19.9 Å². The van der Waals surface area contributed by atoms with Crippen LogP contribution in [0.1, 0.15) is 46.4 Å². The zero-order valence-electron chi connectivity index (χ0n) is 21.4. The van der Waals surface area contributed by atoms with Crippen LogP contribution in [0, 0.1) is 6.92 Å². The molecule has 0 spiro atoms. The standard InChI is InChI=1S/C30H33N3O4/c1-22-8-10-25(11-9-22)28(31-23(2)34)20-29(35)32-16-18-33(19-17-32)30(36)26-12-14-27(15-13-26)37-21-24-6-4-3-5-7-24/h3-15,28H,16-21H2,1-2H3,(H,31,34). The molecule has 1 aliphatic rings. The van der Waals surface area contributed by atoms with Gasteiger partial charge in [0.2, 0.25) is 11.8 Å². The normalized spacial score (nSPS) is 14.1. The van der Waals surface area contributed by atoms with Crippen molar-refractivity contribution in [3.8, 4) is 5.75 Å². The Morgan fingerprint density at radius 1 is 0.838 bits per heavy atom. The van der Waals surface area contributed by atoms with Crippen LogP contribution in [0.5, 0.6) is 5.75 Å². The maximum Gasteiger partial charge on any atom is 0.253 e. The Hall–Kier alpha value is -4.13. The molecule has 0 aromatic heterocycles. The predicted octanol–water partition coefficient (Wildman–Crippen LogP) is 4.13. The van der Waals surface area contributed by atoms with Crippen molar-refractivity contribution in [3.63, 3.8) is 0 Å². The van der Waals surface area contributed by atoms with Crippen molar-refractivity contribution in [2.75, 3.05) is 26.2 Å². The number of rotatable bonds is 8. The van der Waals surface area contributed by atoms with E-state index in [0.29, 0.717) is 44.1 Å². The summed E-state index contributed by atoms with van der Waals surface area (Å²) < 4.78 is 5.81. The first-order valence-corrected chi connectivity index (χ1v) is 12.6. The van der Waals surface area contributed by atoms with Crippen LogP contribution < -0.4 is 10.1 Å². The third kappa shape index (κ3) is 7.19. The van der Waals surface area contributed by atoms with Crippen LogP contribution in [0.3, 0.4) is 0 Å². The number of hydrogen-bond donors (Lipinski definition) is 1. The fourth-order valence-corrected chi connectivity index (χ4v) is 4.38. The van der Waals surface area contributed by atoms with Crippen LogP contribution >= 0.6 is 0 Å². The van der Waals surface area contributed by atoms with Crippen molar-refractivity contribution in [3.05, 3.63) is 101 Å². The van der Waals surface area contributed by atoms with Gasteiger partial charge in [-0.25, -0.2) is 0 Å². The molecule has 1 fully saturated rings. The number of aryl methyl sites for hydroxylation is 1. The lowest BCUT2D eigenvalue weighted by Gasteiger charge is -2.35. The molecule has 1 heterocycles. The minimum Gasteiger partial charge on any atom is -0.489 e. The van der Waals surface area contributed by atoms with Crippen molar-refractivity contribution in [2.45, 2.75) is 32.9 Å². The van der Waals surface area contributed by atoms with Crippen LogP contribution in [0.25, 0.3) is 0 Å². The second-order valence-electron chi connectivity index (χ2n) is 9.34. The molecule has 0 radical (unpaired) electrons. The van der Waals surface area contributed by atoms with Crippen LogP contribution in [-0.2, 0) is 16.2 Å². The van der Waals surface area contributed by atoms with Gasteiger partial charge in [-0.3, -0.25) is 14.4 Å². The lowest BCUT2D eigenvalue weighted by molar-refractivity contribution is -0.133. The van der Waals surface area contributed by atoms with E-state index in [9.17, 15) is 14.4 Å². The Labute approximate surface area is 218 Å². The summed E-state index contributed by atoms with van der Waals surface area (Å²) in [7, 11) is 0. The van der Waals surface area contributed by atoms with Crippen molar-refractivity contribution < 1.29 is 19.1 Å². The maximum atomic E-state index is 13.0. The molecule has 0 saturated carbocycles. The van der Waals surface area contributed by atoms with Crippen LogP contribution in [-0.4, -0.2) is 53.7 Å². The van der Waals surface area contributed by atoms with E-state index in [4.69, 9.17) is 4.74 Å². The second kappa shape index (κ2) is 12.2. The van der Waals surface area contributed by atoms with Gasteiger partial charge in [-0.2, -0.15) is 0 Å². The number of nitrogens with one attached hydrogen (secondary N) is 1. The van der Waals surface area contributed by atoms with Gasteiger partial charge >= 0.3 is 0 Å². The van der Waals surface area contributed by atoms with E-state index in [2.05, 4.69) is 5.32 Å². The van der Waals surface area contributed by atoms with Gasteiger partial charge in [0.05, 0.1) is 12.5 Å². The molecule has 1 aliphatic heterocycles. The average Bonchev–Trinajstić information content (AvgIpc) is 2.92. The van der Waals surface area contributed by atoms with Gasteiger partial charge in [-0.15, -0.1) is 0 Å². The molecule has 0 aliphatic carbocycles. The molecular weight excluding hydrogens is 466 g/mol. The summed E-state index contributed by atoms with van der Waals surface area (Å²) in [6.07, 6.45) is 0.182. The number of carbonyl (C=O) groups excluding carboxylic acids is 3. The van der Waals surface area contributed by atoms with Gasteiger partial charge in [-0.1, -0.05) is 60.2 Å². The summed E-state index contributed by atoms with van der Waals surface area (Å²) in [5.74, 6) is 0.437. The topological polar surface area (TPSA) is 79.0 Å². The van der Waals surface area contributed by atoms with Gasteiger partial charge in [-0.05, 0) is 42.3 Å². The van der Waals surface area contributed by atoms with E-state index in [1.54, 1.807) is 21.9 Å². The van der Waals surface area contributed by atoms with Gasteiger partial charge in [0.1, 0.15) is 12.4 Å².